The number of rotatable bonds is 6. The molecule has 0 saturated heterocycles. The van der Waals surface area contributed by atoms with Crippen molar-refractivity contribution in [3.05, 3.63) is 83.2 Å². The number of nitrogens with zero attached hydrogens (tertiary/aromatic N) is 1. The molecule has 4 rings (SSSR count). The number of aryl methyl sites for hydroxylation is 1. The molecule has 6 nitrogen and oxygen atoms in total. The third-order valence-electron chi connectivity index (χ3n) is 4.98. The molecule has 2 heterocycles. The van der Waals surface area contributed by atoms with Crippen molar-refractivity contribution >= 4 is 11.7 Å². The maximum atomic E-state index is 11.9. The van der Waals surface area contributed by atoms with Gasteiger partial charge >= 0.3 is 5.97 Å². The van der Waals surface area contributed by atoms with Gasteiger partial charge in [0.2, 0.25) is 0 Å². The molecular weight excluding hydrogens is 380 g/mol. The Morgan fingerprint density at radius 3 is 2.80 bits per heavy atom. The van der Waals surface area contributed by atoms with E-state index in [2.05, 4.69) is 28.4 Å². The van der Waals surface area contributed by atoms with E-state index in [1.54, 1.807) is 31.6 Å². The van der Waals surface area contributed by atoms with Crippen molar-refractivity contribution < 1.29 is 19.0 Å². The Kier molecular flexibility index (Phi) is 5.84. The molecule has 0 radical (unpaired) electrons. The van der Waals surface area contributed by atoms with E-state index in [1.807, 2.05) is 19.1 Å². The number of benzene rings is 1. The van der Waals surface area contributed by atoms with Crippen LogP contribution in [0.25, 0.3) is 17.0 Å². The molecule has 1 aliphatic carbocycles. The van der Waals surface area contributed by atoms with Gasteiger partial charge in [-0.15, -0.1) is 0 Å². The lowest BCUT2D eigenvalue weighted by molar-refractivity contribution is 0.0526. The van der Waals surface area contributed by atoms with Crippen molar-refractivity contribution in [2.24, 2.45) is 0 Å². The standard InChI is InChI=1S/C24H24N2O4/c1-3-29-24(27)19-11-9-18(10-12-19)23-22(16(2)25-26-23)21-15-28-14-20(30-21)13-17-7-5-4-6-8-17/h4-5,7,9-12,14-15H,3,6,8,13H2,1-2H3,(H,25,26). The molecule has 0 bridgehead atoms. The summed E-state index contributed by atoms with van der Waals surface area (Å²) in [5, 5.41) is 7.48. The summed E-state index contributed by atoms with van der Waals surface area (Å²) in [6, 6.07) is 7.18. The first-order valence-corrected chi connectivity index (χ1v) is 10.1. The zero-order valence-corrected chi connectivity index (χ0v) is 17.1. The van der Waals surface area contributed by atoms with Crippen molar-refractivity contribution in [3.8, 4) is 11.3 Å². The molecule has 0 spiro atoms. The Labute approximate surface area is 175 Å². The normalized spacial score (nSPS) is 15.5. The average Bonchev–Trinajstić information content (AvgIpc) is 3.16. The summed E-state index contributed by atoms with van der Waals surface area (Å²) in [5.74, 6) is 1.03. The highest BCUT2D eigenvalue weighted by molar-refractivity contribution is 5.90. The first kappa shape index (κ1) is 19.8. The van der Waals surface area contributed by atoms with Gasteiger partial charge in [0.15, 0.2) is 5.76 Å². The van der Waals surface area contributed by atoms with Gasteiger partial charge in [-0.3, -0.25) is 5.10 Å². The fraction of sp³-hybridized carbons (Fsp3) is 0.250. The van der Waals surface area contributed by atoms with E-state index in [4.69, 9.17) is 14.2 Å². The highest BCUT2D eigenvalue weighted by atomic mass is 16.5. The van der Waals surface area contributed by atoms with Crippen molar-refractivity contribution in [2.45, 2.75) is 33.1 Å². The summed E-state index contributed by atoms with van der Waals surface area (Å²) in [6.07, 6.45) is 12.4. The molecule has 0 fully saturated rings. The fourth-order valence-corrected chi connectivity index (χ4v) is 3.49. The van der Waals surface area contributed by atoms with E-state index in [-0.39, 0.29) is 5.97 Å². The maximum Gasteiger partial charge on any atom is 0.338 e. The van der Waals surface area contributed by atoms with Crippen molar-refractivity contribution in [1.29, 1.82) is 0 Å². The van der Waals surface area contributed by atoms with Gasteiger partial charge in [0, 0.05) is 17.7 Å². The van der Waals surface area contributed by atoms with E-state index in [0.29, 0.717) is 24.4 Å². The SMILES string of the molecule is CCOC(=O)c1ccc(-c2n[nH]c(C)c2C2=COC=C(CC3=CC=CCC3)O2)cc1. The molecule has 0 atom stereocenters. The summed E-state index contributed by atoms with van der Waals surface area (Å²) in [4.78, 5) is 11.9. The average molecular weight is 404 g/mol. The third kappa shape index (κ3) is 4.22. The quantitative estimate of drug-likeness (QED) is 0.651. The van der Waals surface area contributed by atoms with Crippen LogP contribution in [0.3, 0.4) is 0 Å². The van der Waals surface area contributed by atoms with Gasteiger partial charge in [0.1, 0.15) is 24.0 Å². The monoisotopic (exact) mass is 404 g/mol. The van der Waals surface area contributed by atoms with Crippen molar-refractivity contribution in [1.82, 2.24) is 10.2 Å². The zero-order chi connectivity index (χ0) is 20.9. The van der Waals surface area contributed by atoms with Gasteiger partial charge in [-0.2, -0.15) is 5.10 Å². The highest BCUT2D eigenvalue weighted by Crippen LogP contribution is 2.35. The van der Waals surface area contributed by atoms with Crippen molar-refractivity contribution in [3.63, 3.8) is 0 Å². The summed E-state index contributed by atoms with van der Waals surface area (Å²) < 4.78 is 16.8. The number of carbonyl (C=O) groups excluding carboxylic acids is 1. The number of allylic oxidation sites excluding steroid dienone is 4. The fourth-order valence-electron chi connectivity index (χ4n) is 3.49. The van der Waals surface area contributed by atoms with Crippen LogP contribution in [0.4, 0.5) is 0 Å². The van der Waals surface area contributed by atoms with Gasteiger partial charge in [0.25, 0.3) is 0 Å². The number of hydrogen-bond acceptors (Lipinski definition) is 5. The molecule has 30 heavy (non-hydrogen) atoms. The third-order valence-corrected chi connectivity index (χ3v) is 4.98. The first-order valence-electron chi connectivity index (χ1n) is 10.1. The number of ether oxygens (including phenoxy) is 3. The minimum absolute atomic E-state index is 0.337. The smallest absolute Gasteiger partial charge is 0.338 e. The molecule has 2 aromatic rings. The molecule has 1 aromatic carbocycles. The number of aromatic amines is 1. The second-order valence-electron chi connectivity index (χ2n) is 7.14. The Morgan fingerprint density at radius 2 is 2.07 bits per heavy atom. The predicted octanol–water partition coefficient (Wildman–Crippen LogP) is 5.41. The van der Waals surface area contributed by atoms with E-state index >= 15 is 0 Å². The van der Waals surface area contributed by atoms with Crippen LogP contribution in [-0.2, 0) is 14.2 Å². The van der Waals surface area contributed by atoms with Crippen LogP contribution < -0.4 is 0 Å². The molecule has 154 valence electrons. The van der Waals surface area contributed by atoms with Crippen LogP contribution >= 0.6 is 0 Å². The predicted molar refractivity (Wildman–Crippen MR) is 114 cm³/mol. The number of H-pyrrole nitrogens is 1. The lowest BCUT2D eigenvalue weighted by Crippen LogP contribution is -2.04. The Bertz CT molecular complexity index is 1060. The number of esters is 1. The lowest BCUT2D eigenvalue weighted by atomic mass is 10.0. The van der Waals surface area contributed by atoms with E-state index in [9.17, 15) is 4.79 Å². The van der Waals surface area contributed by atoms with E-state index < -0.39 is 0 Å². The van der Waals surface area contributed by atoms with Gasteiger partial charge in [0.05, 0.1) is 17.7 Å². The molecule has 0 saturated carbocycles. The lowest BCUT2D eigenvalue weighted by Gasteiger charge is -2.19. The van der Waals surface area contributed by atoms with Crippen LogP contribution in [0, 0.1) is 6.92 Å². The second kappa shape index (κ2) is 8.86. The molecule has 1 aliphatic heterocycles. The van der Waals surface area contributed by atoms with Crippen molar-refractivity contribution in [2.75, 3.05) is 6.61 Å². The summed E-state index contributed by atoms with van der Waals surface area (Å²) in [7, 11) is 0. The van der Waals surface area contributed by atoms with E-state index in [0.717, 1.165) is 41.1 Å². The molecule has 2 aliphatic rings. The highest BCUT2D eigenvalue weighted by Gasteiger charge is 2.22. The molecule has 1 aromatic heterocycles. The van der Waals surface area contributed by atoms with E-state index in [1.165, 1.54) is 5.57 Å². The maximum absolute atomic E-state index is 11.9. The van der Waals surface area contributed by atoms with Gasteiger partial charge < -0.3 is 14.2 Å². The van der Waals surface area contributed by atoms with Gasteiger partial charge in [-0.1, -0.05) is 35.9 Å². The zero-order valence-electron chi connectivity index (χ0n) is 17.1. The molecule has 0 unspecified atom stereocenters. The Balaban J connectivity index is 1.55. The number of nitrogens with one attached hydrogen (secondary N) is 1. The molecule has 6 heteroatoms. The first-order chi connectivity index (χ1) is 14.7. The Morgan fingerprint density at radius 1 is 1.23 bits per heavy atom. The summed E-state index contributed by atoms with van der Waals surface area (Å²) in [6.45, 7) is 4.07. The Hall–Kier alpha value is -3.54. The van der Waals surface area contributed by atoms with Crippen LogP contribution in [-0.4, -0.2) is 22.8 Å². The minimum atomic E-state index is -0.337. The number of hydrogen-bond donors (Lipinski definition) is 1. The minimum Gasteiger partial charge on any atom is -0.465 e. The molecule has 0 amide bonds. The number of aromatic nitrogens is 2. The molecule has 1 N–H and O–H groups in total. The summed E-state index contributed by atoms with van der Waals surface area (Å²) in [5.41, 5.74) is 5.12. The van der Waals surface area contributed by atoms with Gasteiger partial charge in [-0.05, 0) is 38.8 Å². The molecular formula is C24H24N2O4. The van der Waals surface area contributed by atoms with Crippen LogP contribution in [0.1, 0.15) is 47.8 Å². The van der Waals surface area contributed by atoms with Crippen LogP contribution in [0.2, 0.25) is 0 Å². The largest absolute Gasteiger partial charge is 0.465 e. The van der Waals surface area contributed by atoms with Crippen LogP contribution in [0.5, 0.6) is 0 Å². The van der Waals surface area contributed by atoms with Crippen LogP contribution in [0.15, 0.2) is 66.3 Å². The van der Waals surface area contributed by atoms with Gasteiger partial charge in [-0.25, -0.2) is 4.79 Å². The second-order valence-corrected chi connectivity index (χ2v) is 7.14. The topological polar surface area (TPSA) is 73.4 Å². The summed E-state index contributed by atoms with van der Waals surface area (Å²) >= 11 is 0. The number of carbonyl (C=O) groups is 1.